The van der Waals surface area contributed by atoms with Crippen molar-refractivity contribution in [2.75, 3.05) is 18.2 Å². The van der Waals surface area contributed by atoms with Crippen molar-refractivity contribution in [1.82, 2.24) is 10.2 Å². The number of carbonyl (C=O) groups is 2. The summed E-state index contributed by atoms with van der Waals surface area (Å²) in [5, 5.41) is 11.8. The molecule has 0 unspecified atom stereocenters. The summed E-state index contributed by atoms with van der Waals surface area (Å²) >= 11 is 1.27. The van der Waals surface area contributed by atoms with Gasteiger partial charge in [0, 0.05) is 16.8 Å². The number of nitrogens with zero attached hydrogens (tertiary/aromatic N) is 2. The molecule has 0 bridgehead atoms. The Bertz CT molecular complexity index is 925. The van der Waals surface area contributed by atoms with Gasteiger partial charge in [-0.05, 0) is 18.2 Å². The van der Waals surface area contributed by atoms with E-state index in [2.05, 4.69) is 20.3 Å². The van der Waals surface area contributed by atoms with Gasteiger partial charge in [0.25, 0.3) is 5.91 Å². The number of nitrogen functional groups attached to an aromatic ring is 1. The first kappa shape index (κ1) is 16.6. The monoisotopic (exact) mass is 354 g/mol. The maximum atomic E-state index is 12.3. The van der Waals surface area contributed by atoms with Gasteiger partial charge in [-0.2, -0.15) is 0 Å². The number of benzene rings is 2. The van der Waals surface area contributed by atoms with E-state index in [9.17, 15) is 9.59 Å². The van der Waals surface area contributed by atoms with Crippen LogP contribution in [0.3, 0.4) is 0 Å². The van der Waals surface area contributed by atoms with Gasteiger partial charge >= 0.3 is 5.97 Å². The molecule has 7 nitrogen and oxygen atoms in total. The number of rotatable bonds is 4. The van der Waals surface area contributed by atoms with E-state index in [4.69, 9.17) is 5.73 Å². The van der Waals surface area contributed by atoms with Crippen LogP contribution in [0.4, 0.5) is 10.8 Å². The molecule has 1 aromatic heterocycles. The summed E-state index contributed by atoms with van der Waals surface area (Å²) in [6.07, 6.45) is 0. The lowest BCUT2D eigenvalue weighted by atomic mass is 10.1. The molecule has 0 radical (unpaired) electrons. The number of hydrogen-bond acceptors (Lipinski definition) is 7. The first-order valence-electron chi connectivity index (χ1n) is 7.26. The molecule has 8 heteroatoms. The molecule has 1 heterocycles. The highest BCUT2D eigenvalue weighted by atomic mass is 32.1. The fourth-order valence-corrected chi connectivity index (χ4v) is 2.88. The second-order valence-electron chi connectivity index (χ2n) is 5.03. The predicted octanol–water partition coefficient (Wildman–Crippen LogP) is 2.83. The lowest BCUT2D eigenvalue weighted by molar-refractivity contribution is 0.0601. The van der Waals surface area contributed by atoms with Gasteiger partial charge in [-0.1, -0.05) is 41.7 Å². The van der Waals surface area contributed by atoms with Crippen LogP contribution in [0.5, 0.6) is 0 Å². The number of carbonyl (C=O) groups excluding carboxylic acids is 2. The van der Waals surface area contributed by atoms with Crippen molar-refractivity contribution in [2.45, 2.75) is 0 Å². The van der Waals surface area contributed by atoms with Crippen molar-refractivity contribution < 1.29 is 14.3 Å². The zero-order valence-electron chi connectivity index (χ0n) is 13.2. The van der Waals surface area contributed by atoms with E-state index in [0.29, 0.717) is 15.7 Å². The molecule has 25 heavy (non-hydrogen) atoms. The quantitative estimate of drug-likeness (QED) is 0.551. The summed E-state index contributed by atoms with van der Waals surface area (Å²) in [5.74, 6) is -0.944. The first-order valence-corrected chi connectivity index (χ1v) is 8.08. The largest absolute Gasteiger partial charge is 0.465 e. The van der Waals surface area contributed by atoms with Crippen LogP contribution in [0.15, 0.2) is 48.5 Å². The van der Waals surface area contributed by atoms with Crippen molar-refractivity contribution in [3.63, 3.8) is 0 Å². The minimum atomic E-state index is -0.555. The molecular formula is C17H14N4O3S. The van der Waals surface area contributed by atoms with Crippen LogP contribution in [0.1, 0.15) is 20.7 Å². The van der Waals surface area contributed by atoms with E-state index in [-0.39, 0.29) is 17.2 Å². The van der Waals surface area contributed by atoms with Crippen molar-refractivity contribution >= 4 is 34.0 Å². The molecule has 0 atom stereocenters. The van der Waals surface area contributed by atoms with Gasteiger partial charge in [0.2, 0.25) is 5.13 Å². The Balaban J connectivity index is 1.76. The van der Waals surface area contributed by atoms with Gasteiger partial charge in [-0.3, -0.25) is 10.1 Å². The molecular weight excluding hydrogens is 340 g/mol. The number of hydrogen-bond donors (Lipinski definition) is 2. The second kappa shape index (κ2) is 7.10. The first-order chi connectivity index (χ1) is 12.1. The summed E-state index contributed by atoms with van der Waals surface area (Å²) in [6.45, 7) is 0. The van der Waals surface area contributed by atoms with Crippen LogP contribution in [-0.4, -0.2) is 29.2 Å². The molecule has 3 N–H and O–H groups in total. The summed E-state index contributed by atoms with van der Waals surface area (Å²) < 4.78 is 4.62. The van der Waals surface area contributed by atoms with Gasteiger partial charge in [0.15, 0.2) is 0 Å². The Kier molecular flexibility index (Phi) is 4.71. The third kappa shape index (κ3) is 3.64. The van der Waals surface area contributed by atoms with E-state index < -0.39 is 5.97 Å². The van der Waals surface area contributed by atoms with E-state index in [1.807, 2.05) is 30.3 Å². The minimum absolute atomic E-state index is 0.168. The number of methoxy groups -OCH3 is 1. The van der Waals surface area contributed by atoms with Gasteiger partial charge in [0.1, 0.15) is 5.01 Å². The Morgan fingerprint density at radius 3 is 2.56 bits per heavy atom. The van der Waals surface area contributed by atoms with Crippen molar-refractivity contribution in [3.8, 4) is 10.6 Å². The third-order valence-electron chi connectivity index (χ3n) is 3.39. The SMILES string of the molecule is COC(=O)c1ccc(C(=O)Nc2nnc(-c3ccccc3)s2)cc1N. The molecule has 0 saturated carbocycles. The minimum Gasteiger partial charge on any atom is -0.465 e. The van der Waals surface area contributed by atoms with E-state index in [0.717, 1.165) is 5.56 Å². The fourth-order valence-electron chi connectivity index (χ4n) is 2.14. The number of nitrogens with one attached hydrogen (secondary N) is 1. The zero-order chi connectivity index (χ0) is 17.8. The molecule has 1 amide bonds. The zero-order valence-corrected chi connectivity index (χ0v) is 14.0. The normalized spacial score (nSPS) is 10.3. The van der Waals surface area contributed by atoms with Crippen molar-refractivity contribution in [2.24, 2.45) is 0 Å². The predicted molar refractivity (Wildman–Crippen MR) is 95.5 cm³/mol. The molecule has 3 rings (SSSR count). The number of aromatic nitrogens is 2. The number of anilines is 2. The maximum Gasteiger partial charge on any atom is 0.339 e. The average molecular weight is 354 g/mol. The summed E-state index contributed by atoms with van der Waals surface area (Å²) in [7, 11) is 1.27. The van der Waals surface area contributed by atoms with Gasteiger partial charge < -0.3 is 10.5 Å². The topological polar surface area (TPSA) is 107 Å². The average Bonchev–Trinajstić information content (AvgIpc) is 3.10. The molecule has 0 saturated heterocycles. The lowest BCUT2D eigenvalue weighted by Gasteiger charge is -2.06. The van der Waals surface area contributed by atoms with Crippen LogP contribution < -0.4 is 11.1 Å². The number of amides is 1. The third-order valence-corrected chi connectivity index (χ3v) is 4.27. The highest BCUT2D eigenvalue weighted by Gasteiger charge is 2.15. The standard InChI is InChI=1S/C17H14N4O3S/c1-24-16(23)12-8-7-11(9-13(12)18)14(22)19-17-21-20-15(25-17)10-5-3-2-4-6-10/h2-9H,18H2,1H3,(H,19,21,22). The smallest absolute Gasteiger partial charge is 0.339 e. The number of esters is 1. The van der Waals surface area contributed by atoms with E-state index >= 15 is 0 Å². The summed E-state index contributed by atoms with van der Waals surface area (Å²) in [6, 6.07) is 13.9. The fraction of sp³-hybridized carbons (Fsp3) is 0.0588. The van der Waals surface area contributed by atoms with Crippen LogP contribution in [-0.2, 0) is 4.74 Å². The summed E-state index contributed by atoms with van der Waals surface area (Å²) in [5.41, 5.74) is 7.41. The van der Waals surface area contributed by atoms with Crippen LogP contribution in [0.2, 0.25) is 0 Å². The molecule has 2 aromatic carbocycles. The van der Waals surface area contributed by atoms with Gasteiger partial charge in [0.05, 0.1) is 12.7 Å². The van der Waals surface area contributed by atoms with Crippen molar-refractivity contribution in [3.05, 3.63) is 59.7 Å². The second-order valence-corrected chi connectivity index (χ2v) is 6.00. The Labute approximate surface area is 147 Å². The Hall–Kier alpha value is -3.26. The highest BCUT2D eigenvalue weighted by molar-refractivity contribution is 7.18. The molecule has 0 spiro atoms. The molecule has 126 valence electrons. The Morgan fingerprint density at radius 1 is 1.12 bits per heavy atom. The number of ether oxygens (including phenoxy) is 1. The van der Waals surface area contributed by atoms with Crippen LogP contribution in [0, 0.1) is 0 Å². The molecule has 0 aliphatic carbocycles. The van der Waals surface area contributed by atoms with Crippen molar-refractivity contribution in [1.29, 1.82) is 0 Å². The van der Waals surface area contributed by atoms with E-state index in [1.165, 1.54) is 36.6 Å². The lowest BCUT2D eigenvalue weighted by Crippen LogP contribution is -2.13. The number of nitrogens with two attached hydrogens (primary N) is 1. The van der Waals surface area contributed by atoms with Crippen LogP contribution >= 0.6 is 11.3 Å². The van der Waals surface area contributed by atoms with Gasteiger partial charge in [-0.25, -0.2) is 4.79 Å². The van der Waals surface area contributed by atoms with Crippen LogP contribution in [0.25, 0.3) is 10.6 Å². The summed E-state index contributed by atoms with van der Waals surface area (Å²) in [4.78, 5) is 23.8. The molecule has 0 aliphatic heterocycles. The van der Waals surface area contributed by atoms with Gasteiger partial charge in [-0.15, -0.1) is 10.2 Å². The van der Waals surface area contributed by atoms with E-state index in [1.54, 1.807) is 0 Å². The molecule has 0 fully saturated rings. The molecule has 0 aliphatic rings. The molecule has 3 aromatic rings. The highest BCUT2D eigenvalue weighted by Crippen LogP contribution is 2.26. The Morgan fingerprint density at radius 2 is 1.88 bits per heavy atom. The maximum absolute atomic E-state index is 12.3.